The number of Topliss-reactive ketones (excluding diaryl/α,β-unsaturated/α-hetero) is 1. The number of ketones is 1. The molecule has 0 aromatic carbocycles. The van der Waals surface area contributed by atoms with E-state index in [4.69, 9.17) is 5.73 Å². The fourth-order valence-corrected chi connectivity index (χ4v) is 0.851. The highest BCUT2D eigenvalue weighted by Crippen LogP contribution is 2.00. The number of carbonyl (C=O) groups is 2. The van der Waals surface area contributed by atoms with Crippen molar-refractivity contribution >= 4 is 11.7 Å². The Morgan fingerprint density at radius 2 is 2.00 bits per heavy atom. The number of nitrogens with two attached hydrogens (primary N) is 1. The third-order valence-electron chi connectivity index (χ3n) is 1.75. The van der Waals surface area contributed by atoms with Crippen molar-refractivity contribution in [2.75, 3.05) is 13.1 Å². The Morgan fingerprint density at radius 3 is 2.46 bits per heavy atom. The van der Waals surface area contributed by atoms with E-state index in [0.717, 1.165) is 0 Å². The van der Waals surface area contributed by atoms with Gasteiger partial charge in [-0.05, 0) is 6.42 Å². The first kappa shape index (κ1) is 12.1. The lowest BCUT2D eigenvalue weighted by atomic mass is 10.1. The lowest BCUT2D eigenvalue weighted by Crippen LogP contribution is -2.31. The van der Waals surface area contributed by atoms with Crippen LogP contribution in [-0.2, 0) is 9.59 Å². The molecule has 3 N–H and O–H groups in total. The molecule has 0 saturated heterocycles. The van der Waals surface area contributed by atoms with Gasteiger partial charge in [-0.25, -0.2) is 0 Å². The maximum Gasteiger partial charge on any atom is 0.233 e. The lowest BCUT2D eigenvalue weighted by Gasteiger charge is -2.04. The van der Waals surface area contributed by atoms with Crippen molar-refractivity contribution in [3.8, 4) is 0 Å². The number of carbonyl (C=O) groups excluding carboxylic acids is 2. The van der Waals surface area contributed by atoms with Crippen molar-refractivity contribution in [2.24, 2.45) is 11.7 Å². The topological polar surface area (TPSA) is 72.2 Å². The second-order valence-corrected chi connectivity index (χ2v) is 3.28. The maximum absolute atomic E-state index is 11.1. The van der Waals surface area contributed by atoms with Crippen LogP contribution >= 0.6 is 0 Å². The molecule has 0 bridgehead atoms. The fourth-order valence-electron chi connectivity index (χ4n) is 0.851. The molecular formula is C9H18N2O2. The van der Waals surface area contributed by atoms with Gasteiger partial charge in [0.25, 0.3) is 0 Å². The molecule has 0 aliphatic heterocycles. The van der Waals surface area contributed by atoms with Gasteiger partial charge in [0.1, 0.15) is 5.78 Å². The molecule has 0 atom stereocenters. The first-order chi connectivity index (χ1) is 6.07. The van der Waals surface area contributed by atoms with E-state index in [0.29, 0.717) is 19.4 Å². The van der Waals surface area contributed by atoms with Crippen LogP contribution in [0, 0.1) is 5.92 Å². The minimum atomic E-state index is -0.169. The second kappa shape index (κ2) is 6.60. The van der Waals surface area contributed by atoms with E-state index in [1.807, 2.05) is 13.8 Å². The maximum atomic E-state index is 11.1. The average molecular weight is 186 g/mol. The molecule has 0 aliphatic carbocycles. The molecule has 0 aliphatic rings. The summed E-state index contributed by atoms with van der Waals surface area (Å²) in [6, 6.07) is 0. The number of amides is 1. The van der Waals surface area contributed by atoms with E-state index in [2.05, 4.69) is 5.32 Å². The van der Waals surface area contributed by atoms with Gasteiger partial charge in [-0.2, -0.15) is 0 Å². The first-order valence-electron chi connectivity index (χ1n) is 4.57. The van der Waals surface area contributed by atoms with Gasteiger partial charge in [0.05, 0.1) is 6.54 Å². The van der Waals surface area contributed by atoms with Crippen molar-refractivity contribution in [3.05, 3.63) is 0 Å². The Labute approximate surface area is 78.9 Å². The summed E-state index contributed by atoms with van der Waals surface area (Å²) < 4.78 is 0. The van der Waals surface area contributed by atoms with Gasteiger partial charge in [-0.3, -0.25) is 9.59 Å². The third kappa shape index (κ3) is 6.28. The quantitative estimate of drug-likeness (QED) is 0.576. The summed E-state index contributed by atoms with van der Waals surface area (Å²) in [6.45, 7) is 4.30. The standard InChI is InChI=1S/C9H18N2O2/c1-7(2)8(12)4-3-5-11-9(13)6-10/h7H,3-6,10H2,1-2H3,(H,11,13). The van der Waals surface area contributed by atoms with Gasteiger partial charge in [-0.15, -0.1) is 0 Å². The van der Waals surface area contributed by atoms with Gasteiger partial charge >= 0.3 is 0 Å². The van der Waals surface area contributed by atoms with Crippen LogP contribution in [0.1, 0.15) is 26.7 Å². The van der Waals surface area contributed by atoms with E-state index in [1.165, 1.54) is 0 Å². The molecule has 1 amide bonds. The highest BCUT2D eigenvalue weighted by molar-refractivity contribution is 5.80. The number of hydrogen-bond donors (Lipinski definition) is 2. The van der Waals surface area contributed by atoms with Crippen LogP contribution < -0.4 is 11.1 Å². The minimum Gasteiger partial charge on any atom is -0.355 e. The van der Waals surface area contributed by atoms with E-state index in [-0.39, 0.29) is 24.2 Å². The molecule has 0 fully saturated rings. The third-order valence-corrected chi connectivity index (χ3v) is 1.75. The SMILES string of the molecule is CC(C)C(=O)CCCNC(=O)CN. The van der Waals surface area contributed by atoms with Crippen molar-refractivity contribution < 1.29 is 9.59 Å². The average Bonchev–Trinajstić information content (AvgIpc) is 2.11. The Morgan fingerprint density at radius 1 is 1.38 bits per heavy atom. The van der Waals surface area contributed by atoms with E-state index < -0.39 is 0 Å². The number of hydrogen-bond acceptors (Lipinski definition) is 3. The number of nitrogens with one attached hydrogen (secondary N) is 1. The fraction of sp³-hybridized carbons (Fsp3) is 0.778. The van der Waals surface area contributed by atoms with Crippen LogP contribution in [0.25, 0.3) is 0 Å². The normalized spacial score (nSPS) is 10.2. The summed E-state index contributed by atoms with van der Waals surface area (Å²) in [5.41, 5.74) is 5.08. The summed E-state index contributed by atoms with van der Waals surface area (Å²) >= 11 is 0. The van der Waals surface area contributed by atoms with E-state index >= 15 is 0 Å². The smallest absolute Gasteiger partial charge is 0.233 e. The van der Waals surface area contributed by atoms with Gasteiger partial charge in [-0.1, -0.05) is 13.8 Å². The summed E-state index contributed by atoms with van der Waals surface area (Å²) in [4.78, 5) is 21.8. The molecule has 0 aromatic heterocycles. The summed E-state index contributed by atoms with van der Waals surface area (Å²) in [7, 11) is 0. The molecule has 0 heterocycles. The van der Waals surface area contributed by atoms with E-state index in [1.54, 1.807) is 0 Å². The molecular weight excluding hydrogens is 168 g/mol. The van der Waals surface area contributed by atoms with Crippen molar-refractivity contribution in [2.45, 2.75) is 26.7 Å². The molecule has 0 unspecified atom stereocenters. The van der Waals surface area contributed by atoms with Crippen LogP contribution in [-0.4, -0.2) is 24.8 Å². The van der Waals surface area contributed by atoms with Gasteiger partial charge in [0, 0.05) is 18.9 Å². The predicted molar refractivity (Wildman–Crippen MR) is 51.1 cm³/mol. The van der Waals surface area contributed by atoms with Crippen LogP contribution in [0.2, 0.25) is 0 Å². The molecule has 76 valence electrons. The molecule has 0 spiro atoms. The summed E-state index contributed by atoms with van der Waals surface area (Å²) in [5.74, 6) is 0.157. The Balaban J connectivity index is 3.36. The Bertz CT molecular complexity index is 178. The van der Waals surface area contributed by atoms with Gasteiger partial charge in [0.2, 0.25) is 5.91 Å². The Kier molecular flexibility index (Phi) is 6.14. The zero-order valence-electron chi connectivity index (χ0n) is 8.30. The predicted octanol–water partition coefficient (Wildman–Crippen LogP) is 0.0666. The van der Waals surface area contributed by atoms with Gasteiger partial charge < -0.3 is 11.1 Å². The van der Waals surface area contributed by atoms with Crippen LogP contribution in [0.5, 0.6) is 0 Å². The molecule has 13 heavy (non-hydrogen) atoms. The summed E-state index contributed by atoms with van der Waals surface area (Å²) in [6.07, 6.45) is 1.23. The largest absolute Gasteiger partial charge is 0.355 e. The van der Waals surface area contributed by atoms with Crippen LogP contribution in [0.3, 0.4) is 0 Å². The Hall–Kier alpha value is -0.900. The molecule has 0 rings (SSSR count). The van der Waals surface area contributed by atoms with Crippen molar-refractivity contribution in [1.29, 1.82) is 0 Å². The number of rotatable bonds is 6. The first-order valence-corrected chi connectivity index (χ1v) is 4.57. The lowest BCUT2D eigenvalue weighted by molar-refractivity contribution is -0.122. The minimum absolute atomic E-state index is 0.0120. The molecule has 4 heteroatoms. The van der Waals surface area contributed by atoms with Crippen molar-refractivity contribution in [3.63, 3.8) is 0 Å². The summed E-state index contributed by atoms with van der Waals surface area (Å²) in [5, 5.41) is 2.61. The molecule has 0 radical (unpaired) electrons. The van der Waals surface area contributed by atoms with Crippen LogP contribution in [0.4, 0.5) is 0 Å². The van der Waals surface area contributed by atoms with Gasteiger partial charge in [0.15, 0.2) is 0 Å². The molecule has 4 nitrogen and oxygen atoms in total. The highest BCUT2D eigenvalue weighted by atomic mass is 16.1. The van der Waals surface area contributed by atoms with Crippen molar-refractivity contribution in [1.82, 2.24) is 5.32 Å². The molecule has 0 aromatic rings. The zero-order valence-corrected chi connectivity index (χ0v) is 8.30. The molecule has 0 saturated carbocycles. The zero-order chi connectivity index (χ0) is 10.3. The highest BCUT2D eigenvalue weighted by Gasteiger charge is 2.06. The van der Waals surface area contributed by atoms with Crippen LogP contribution in [0.15, 0.2) is 0 Å². The van der Waals surface area contributed by atoms with E-state index in [9.17, 15) is 9.59 Å². The second-order valence-electron chi connectivity index (χ2n) is 3.28. The monoisotopic (exact) mass is 186 g/mol.